The summed E-state index contributed by atoms with van der Waals surface area (Å²) in [7, 11) is 1.70. The minimum absolute atomic E-state index is 0. The van der Waals surface area contributed by atoms with Crippen LogP contribution in [-0.4, -0.2) is 55.2 Å². The summed E-state index contributed by atoms with van der Waals surface area (Å²) in [5.41, 5.74) is 1.70. The van der Waals surface area contributed by atoms with Gasteiger partial charge in [0, 0.05) is 19.2 Å². The average molecular weight is 551 g/mol. The second kappa shape index (κ2) is 12.3. The number of rotatable bonds is 7. The zero-order valence-electron chi connectivity index (χ0n) is 17.5. The predicted molar refractivity (Wildman–Crippen MR) is 125 cm³/mol. The van der Waals surface area contributed by atoms with Crippen molar-refractivity contribution in [3.05, 3.63) is 42.3 Å². The van der Waals surface area contributed by atoms with Crippen LogP contribution in [0.1, 0.15) is 25.0 Å². The lowest BCUT2D eigenvalue weighted by Gasteiger charge is -2.32. The van der Waals surface area contributed by atoms with Crippen molar-refractivity contribution >= 4 is 29.9 Å². The van der Waals surface area contributed by atoms with E-state index in [9.17, 15) is 13.2 Å². The topological polar surface area (TPSA) is 65.7 Å². The molecule has 0 unspecified atom stereocenters. The fraction of sp³-hybridized carbons (Fsp3) is 0.524. The summed E-state index contributed by atoms with van der Waals surface area (Å²) in [4.78, 5) is 10.2. The highest BCUT2D eigenvalue weighted by atomic mass is 127. The fourth-order valence-electron chi connectivity index (χ4n) is 3.58. The highest BCUT2D eigenvalue weighted by molar-refractivity contribution is 14.0. The molecule has 0 bridgehead atoms. The van der Waals surface area contributed by atoms with Gasteiger partial charge in [0.25, 0.3) is 0 Å². The Labute approximate surface area is 197 Å². The van der Waals surface area contributed by atoms with Crippen molar-refractivity contribution in [3.8, 4) is 11.5 Å². The van der Waals surface area contributed by atoms with E-state index in [0.29, 0.717) is 37.4 Å². The second-order valence-corrected chi connectivity index (χ2v) is 7.49. The van der Waals surface area contributed by atoms with Crippen LogP contribution in [0.3, 0.4) is 0 Å². The van der Waals surface area contributed by atoms with E-state index in [0.717, 1.165) is 37.1 Å². The Morgan fingerprint density at radius 2 is 1.90 bits per heavy atom. The Balaban J connectivity index is 0.00000341. The van der Waals surface area contributed by atoms with Crippen LogP contribution in [0.2, 0.25) is 0 Å². The van der Waals surface area contributed by atoms with Gasteiger partial charge in [-0.05, 0) is 50.4 Å². The molecule has 0 spiro atoms. The normalized spacial score (nSPS) is 16.1. The average Bonchev–Trinajstić information content (AvgIpc) is 3.20. The number of aliphatic imine (C=N–C) groups is 1. The molecule has 1 aliphatic rings. The number of oxazole rings is 1. The molecule has 0 atom stereocenters. The lowest BCUT2D eigenvalue weighted by atomic mass is 9.93. The van der Waals surface area contributed by atoms with Gasteiger partial charge in [-0.2, -0.15) is 13.2 Å². The Morgan fingerprint density at radius 3 is 2.55 bits per heavy atom. The number of likely N-dealkylation sites (tertiary alicyclic amines) is 1. The zero-order valence-corrected chi connectivity index (χ0v) is 19.8. The molecule has 2 aromatic rings. The van der Waals surface area contributed by atoms with Gasteiger partial charge in [-0.3, -0.25) is 9.89 Å². The van der Waals surface area contributed by atoms with Crippen molar-refractivity contribution in [1.82, 2.24) is 20.5 Å². The molecule has 1 aromatic carbocycles. The van der Waals surface area contributed by atoms with Gasteiger partial charge < -0.3 is 15.1 Å². The first kappa shape index (κ1) is 25.4. The van der Waals surface area contributed by atoms with Crippen molar-refractivity contribution in [3.63, 3.8) is 0 Å². The molecule has 172 valence electrons. The Kier molecular flexibility index (Phi) is 10.1. The number of nitrogens with one attached hydrogen (secondary N) is 2. The molecule has 1 fully saturated rings. The minimum Gasteiger partial charge on any atom is -0.444 e. The van der Waals surface area contributed by atoms with Crippen LogP contribution in [-0.2, 0) is 6.54 Å². The van der Waals surface area contributed by atoms with Crippen molar-refractivity contribution in [2.45, 2.75) is 32.0 Å². The summed E-state index contributed by atoms with van der Waals surface area (Å²) in [5.74, 6) is 1.67. The molecular formula is C21H29F3IN5O. The molecule has 1 aliphatic heterocycles. The van der Waals surface area contributed by atoms with Crippen LogP contribution in [0, 0.1) is 5.92 Å². The first-order valence-corrected chi connectivity index (χ1v) is 10.2. The number of guanidine groups is 1. The molecule has 6 nitrogen and oxygen atoms in total. The molecule has 3 rings (SSSR count). The summed E-state index contributed by atoms with van der Waals surface area (Å²) in [6, 6.07) is 9.69. The number of hydrogen-bond acceptors (Lipinski definition) is 4. The Morgan fingerprint density at radius 1 is 1.19 bits per heavy atom. The molecule has 0 radical (unpaired) electrons. The number of piperidine rings is 1. The van der Waals surface area contributed by atoms with E-state index >= 15 is 0 Å². The van der Waals surface area contributed by atoms with E-state index in [2.05, 4.69) is 20.6 Å². The maximum absolute atomic E-state index is 12.5. The number of aromatic nitrogens is 1. The van der Waals surface area contributed by atoms with E-state index in [1.54, 1.807) is 13.3 Å². The third-order valence-electron chi connectivity index (χ3n) is 5.19. The molecule has 0 aliphatic carbocycles. The molecule has 10 heteroatoms. The van der Waals surface area contributed by atoms with Crippen molar-refractivity contribution in [2.75, 3.05) is 33.2 Å². The molecule has 0 amide bonds. The van der Waals surface area contributed by atoms with Crippen LogP contribution in [0.5, 0.6) is 0 Å². The maximum Gasteiger partial charge on any atom is 0.401 e. The van der Waals surface area contributed by atoms with E-state index < -0.39 is 12.7 Å². The van der Waals surface area contributed by atoms with Gasteiger partial charge in [-0.15, -0.1) is 24.0 Å². The van der Waals surface area contributed by atoms with Crippen LogP contribution in [0.15, 0.2) is 46.0 Å². The summed E-state index contributed by atoms with van der Waals surface area (Å²) >= 11 is 0. The maximum atomic E-state index is 12.5. The fourth-order valence-corrected chi connectivity index (χ4v) is 3.58. The Bertz CT molecular complexity index is 805. The van der Waals surface area contributed by atoms with E-state index in [4.69, 9.17) is 4.42 Å². The second-order valence-electron chi connectivity index (χ2n) is 7.49. The molecule has 0 saturated carbocycles. The summed E-state index contributed by atoms with van der Waals surface area (Å²) in [6.45, 7) is 1.41. The largest absolute Gasteiger partial charge is 0.444 e. The van der Waals surface area contributed by atoms with Crippen molar-refractivity contribution in [2.24, 2.45) is 10.9 Å². The van der Waals surface area contributed by atoms with Gasteiger partial charge >= 0.3 is 6.18 Å². The van der Waals surface area contributed by atoms with Crippen LogP contribution >= 0.6 is 24.0 Å². The summed E-state index contributed by atoms with van der Waals surface area (Å²) in [5, 5.41) is 6.47. The Hall–Kier alpha value is -1.82. The number of nitrogens with zero attached hydrogens (tertiary/aromatic N) is 3. The van der Waals surface area contributed by atoms with Gasteiger partial charge in [0.2, 0.25) is 5.89 Å². The van der Waals surface area contributed by atoms with E-state index in [1.807, 2.05) is 30.3 Å². The van der Waals surface area contributed by atoms with Gasteiger partial charge in [0.05, 0.1) is 18.8 Å². The molecule has 1 saturated heterocycles. The highest BCUT2D eigenvalue weighted by Crippen LogP contribution is 2.24. The predicted octanol–water partition coefficient (Wildman–Crippen LogP) is 4.29. The quantitative estimate of drug-likeness (QED) is 0.306. The standard InChI is InChI=1S/C21H28F3N5O.HI/c1-25-20(26-10-7-16-8-11-29(12-9-16)15-21(22,23)24)27-13-18-14-30-19(28-18)17-5-3-2-4-6-17;/h2-6,14,16H,7-13,15H2,1H3,(H2,25,26,27);1H. The zero-order chi connectivity index (χ0) is 21.4. The molecule has 1 aromatic heterocycles. The number of halogens is 4. The van der Waals surface area contributed by atoms with E-state index in [1.165, 1.54) is 4.90 Å². The SMILES string of the molecule is CN=C(NCCC1CCN(CC(F)(F)F)CC1)NCc1coc(-c2ccccc2)n1.I. The molecule has 2 N–H and O–H groups in total. The van der Waals surface area contributed by atoms with Crippen LogP contribution in [0.4, 0.5) is 13.2 Å². The van der Waals surface area contributed by atoms with Crippen LogP contribution in [0.25, 0.3) is 11.5 Å². The van der Waals surface area contributed by atoms with E-state index in [-0.39, 0.29) is 24.0 Å². The monoisotopic (exact) mass is 551 g/mol. The molecular weight excluding hydrogens is 522 g/mol. The first-order chi connectivity index (χ1) is 14.4. The number of hydrogen-bond donors (Lipinski definition) is 2. The molecule has 2 heterocycles. The smallest absolute Gasteiger partial charge is 0.401 e. The summed E-state index contributed by atoms with van der Waals surface area (Å²) in [6.07, 6.45) is 0.00819. The van der Waals surface area contributed by atoms with Crippen molar-refractivity contribution < 1.29 is 17.6 Å². The third-order valence-corrected chi connectivity index (χ3v) is 5.19. The van der Waals surface area contributed by atoms with Crippen LogP contribution < -0.4 is 10.6 Å². The first-order valence-electron chi connectivity index (χ1n) is 10.2. The summed E-state index contributed by atoms with van der Waals surface area (Å²) < 4.78 is 42.9. The number of alkyl halides is 3. The van der Waals surface area contributed by atoms with Gasteiger partial charge in [0.1, 0.15) is 6.26 Å². The van der Waals surface area contributed by atoms with Gasteiger partial charge in [0.15, 0.2) is 5.96 Å². The third kappa shape index (κ3) is 8.68. The van der Waals surface area contributed by atoms with Gasteiger partial charge in [-0.1, -0.05) is 18.2 Å². The molecule has 31 heavy (non-hydrogen) atoms. The lowest BCUT2D eigenvalue weighted by molar-refractivity contribution is -0.148. The van der Waals surface area contributed by atoms with Crippen molar-refractivity contribution in [1.29, 1.82) is 0 Å². The number of benzene rings is 1. The highest BCUT2D eigenvalue weighted by Gasteiger charge is 2.32. The minimum atomic E-state index is -4.11. The van der Waals surface area contributed by atoms with Gasteiger partial charge in [-0.25, -0.2) is 4.98 Å². The lowest BCUT2D eigenvalue weighted by Crippen LogP contribution is -2.41.